The normalized spacial score (nSPS) is 43.8. The molecule has 140 valence electrons. The molecule has 3 aliphatic rings. The van der Waals surface area contributed by atoms with Gasteiger partial charge >= 0.3 is 0 Å². The largest absolute Gasteiger partial charge is 0.497 e. The molecular weight excluding hydrogens is 326 g/mol. The van der Waals surface area contributed by atoms with Crippen LogP contribution in [0.15, 0.2) is 18.2 Å². The number of hydrogen-bond donors (Lipinski definition) is 2. The number of aliphatic hydroxyl groups excluding tert-OH is 1. The summed E-state index contributed by atoms with van der Waals surface area (Å²) < 4.78 is 5.42. The van der Waals surface area contributed by atoms with E-state index in [1.807, 2.05) is 0 Å². The summed E-state index contributed by atoms with van der Waals surface area (Å²) in [5.74, 6) is 2.53. The van der Waals surface area contributed by atoms with E-state index >= 15 is 0 Å². The molecule has 0 spiro atoms. The van der Waals surface area contributed by atoms with E-state index in [4.69, 9.17) is 4.74 Å². The fraction of sp³-hybridized carbons (Fsp3) is 0.682. The van der Waals surface area contributed by atoms with E-state index < -0.39 is 11.7 Å². The zero-order valence-corrected chi connectivity index (χ0v) is 15.9. The Morgan fingerprint density at radius 2 is 2.08 bits per heavy atom. The first-order chi connectivity index (χ1) is 12.4. The maximum absolute atomic E-state index is 11.2. The van der Waals surface area contributed by atoms with Crippen molar-refractivity contribution in [3.05, 3.63) is 29.3 Å². The molecule has 0 radical (unpaired) electrons. The summed E-state index contributed by atoms with van der Waals surface area (Å²) in [5, 5.41) is 31.2. The average molecular weight is 355 g/mol. The molecular formula is C22H29NO3. The maximum Gasteiger partial charge on any atom is 0.119 e. The van der Waals surface area contributed by atoms with Crippen molar-refractivity contribution in [1.82, 2.24) is 0 Å². The van der Waals surface area contributed by atoms with E-state index in [0.717, 1.165) is 25.0 Å². The van der Waals surface area contributed by atoms with Crippen LogP contribution in [-0.4, -0.2) is 29.0 Å². The number of ether oxygens (including phenoxy) is 1. The van der Waals surface area contributed by atoms with E-state index in [2.05, 4.69) is 38.1 Å². The molecule has 1 aromatic rings. The Morgan fingerprint density at radius 1 is 1.31 bits per heavy atom. The lowest BCUT2D eigenvalue weighted by Gasteiger charge is -2.53. The lowest BCUT2D eigenvalue weighted by atomic mass is 9.52. The molecule has 0 amide bonds. The van der Waals surface area contributed by atoms with Gasteiger partial charge in [0.1, 0.15) is 11.4 Å². The number of benzene rings is 1. The third kappa shape index (κ3) is 2.20. The van der Waals surface area contributed by atoms with Crippen molar-refractivity contribution in [2.45, 2.75) is 69.5 Å². The summed E-state index contributed by atoms with van der Waals surface area (Å²) in [7, 11) is 1.71. The molecule has 0 bridgehead atoms. The number of nitriles is 1. The topological polar surface area (TPSA) is 73.5 Å². The number of nitrogens with zero attached hydrogens (tertiary/aromatic N) is 1. The molecule has 1 aromatic carbocycles. The first-order valence-electron chi connectivity index (χ1n) is 9.81. The monoisotopic (exact) mass is 355 g/mol. The van der Waals surface area contributed by atoms with E-state index in [1.165, 1.54) is 11.1 Å². The highest BCUT2D eigenvalue weighted by Gasteiger charge is 2.65. The first-order valence-corrected chi connectivity index (χ1v) is 9.81. The smallest absolute Gasteiger partial charge is 0.119 e. The Morgan fingerprint density at radius 3 is 2.77 bits per heavy atom. The Hall–Kier alpha value is -1.57. The van der Waals surface area contributed by atoms with Crippen LogP contribution in [0.1, 0.15) is 68.9 Å². The van der Waals surface area contributed by atoms with Gasteiger partial charge in [-0.1, -0.05) is 19.9 Å². The molecule has 4 nitrogen and oxygen atoms in total. The van der Waals surface area contributed by atoms with E-state index in [-0.39, 0.29) is 17.8 Å². The maximum atomic E-state index is 11.2. The molecule has 7 atom stereocenters. The molecule has 2 N–H and O–H groups in total. The van der Waals surface area contributed by atoms with Crippen LogP contribution in [0.5, 0.6) is 5.75 Å². The number of hydrogen-bond acceptors (Lipinski definition) is 4. The lowest BCUT2D eigenvalue weighted by Crippen LogP contribution is -2.54. The van der Waals surface area contributed by atoms with Crippen molar-refractivity contribution in [2.75, 3.05) is 7.11 Å². The summed E-state index contributed by atoms with van der Waals surface area (Å²) in [5.41, 5.74) is 1.15. The van der Waals surface area contributed by atoms with Crippen molar-refractivity contribution in [1.29, 1.82) is 5.26 Å². The highest BCUT2D eigenvalue weighted by Crippen LogP contribution is 2.66. The Labute approximate surface area is 155 Å². The van der Waals surface area contributed by atoms with E-state index in [1.54, 1.807) is 7.11 Å². The molecule has 0 aromatic heterocycles. The van der Waals surface area contributed by atoms with Gasteiger partial charge in [-0.05, 0) is 72.6 Å². The van der Waals surface area contributed by atoms with Crippen LogP contribution in [0.25, 0.3) is 0 Å². The van der Waals surface area contributed by atoms with Gasteiger partial charge in [0.15, 0.2) is 0 Å². The minimum Gasteiger partial charge on any atom is -0.497 e. The first kappa shape index (κ1) is 17.8. The second-order valence-corrected chi connectivity index (χ2v) is 8.98. The molecule has 3 aliphatic carbocycles. The summed E-state index contributed by atoms with van der Waals surface area (Å²) in [6, 6.07) is 8.58. The predicted octanol–water partition coefficient (Wildman–Crippen LogP) is 3.73. The third-order valence-corrected chi connectivity index (χ3v) is 8.04. The van der Waals surface area contributed by atoms with Crippen LogP contribution in [-0.2, 0) is 0 Å². The van der Waals surface area contributed by atoms with Crippen LogP contribution in [0, 0.1) is 28.6 Å². The Kier molecular flexibility index (Phi) is 4.09. The van der Waals surface area contributed by atoms with E-state index in [9.17, 15) is 15.5 Å². The number of aliphatic hydroxyl groups is 2. The number of rotatable bonds is 2. The van der Waals surface area contributed by atoms with Gasteiger partial charge in [-0.25, -0.2) is 0 Å². The fourth-order valence-corrected chi connectivity index (χ4v) is 6.53. The van der Waals surface area contributed by atoms with Crippen molar-refractivity contribution in [3.8, 4) is 11.8 Å². The summed E-state index contributed by atoms with van der Waals surface area (Å²) in [6.07, 6.45) is 2.75. The van der Waals surface area contributed by atoms with Crippen molar-refractivity contribution in [3.63, 3.8) is 0 Å². The highest BCUT2D eigenvalue weighted by molar-refractivity contribution is 5.43. The molecule has 0 saturated heterocycles. The SMILES string of the molecule is COc1ccc2c(c1)[C@@H](C)C[C@@H]1[C@@H]2CC[C@@]2(C)[C@H]1C[C@@H](O)[C@@]2(O)CC#N. The molecule has 2 fully saturated rings. The summed E-state index contributed by atoms with van der Waals surface area (Å²) in [6.45, 7) is 4.38. The minimum absolute atomic E-state index is 0.0158. The van der Waals surface area contributed by atoms with Crippen LogP contribution in [0.2, 0.25) is 0 Å². The van der Waals surface area contributed by atoms with Crippen molar-refractivity contribution in [2.24, 2.45) is 17.3 Å². The predicted molar refractivity (Wildman–Crippen MR) is 98.9 cm³/mol. The van der Waals surface area contributed by atoms with Crippen LogP contribution >= 0.6 is 0 Å². The molecule has 0 aliphatic heterocycles. The lowest BCUT2D eigenvalue weighted by molar-refractivity contribution is -0.138. The molecule has 26 heavy (non-hydrogen) atoms. The zero-order chi connectivity index (χ0) is 18.7. The van der Waals surface area contributed by atoms with Gasteiger partial charge < -0.3 is 14.9 Å². The van der Waals surface area contributed by atoms with Crippen molar-refractivity contribution >= 4 is 0 Å². The Bertz CT molecular complexity index is 756. The molecule has 4 rings (SSSR count). The zero-order valence-electron chi connectivity index (χ0n) is 15.9. The summed E-state index contributed by atoms with van der Waals surface area (Å²) >= 11 is 0. The summed E-state index contributed by atoms with van der Waals surface area (Å²) in [4.78, 5) is 0. The minimum atomic E-state index is -1.28. The Balaban J connectivity index is 1.73. The van der Waals surface area contributed by atoms with E-state index in [0.29, 0.717) is 24.2 Å². The molecule has 0 heterocycles. The van der Waals surface area contributed by atoms with Crippen LogP contribution in [0.3, 0.4) is 0 Å². The average Bonchev–Trinajstić information content (AvgIpc) is 2.83. The fourth-order valence-electron chi connectivity index (χ4n) is 6.53. The van der Waals surface area contributed by atoms with Gasteiger partial charge in [0.05, 0.1) is 25.7 Å². The van der Waals surface area contributed by atoms with Gasteiger partial charge in [-0.15, -0.1) is 0 Å². The van der Waals surface area contributed by atoms with Crippen molar-refractivity contribution < 1.29 is 14.9 Å². The van der Waals surface area contributed by atoms with Gasteiger partial charge in [0, 0.05) is 5.41 Å². The standard InChI is InChI=1S/C22H29NO3/c1-13-10-18-16(15-5-4-14(26-3)11-17(13)15)6-7-21(2)19(18)12-20(24)22(21,25)8-9-23/h4-5,11,13,16,18-20,24-25H,6-8,10,12H2,1-3H3/t13-,16+,18+,19-,20+,21-,22-/m0/s1. The third-order valence-electron chi connectivity index (χ3n) is 8.04. The van der Waals surface area contributed by atoms with Gasteiger partial charge in [-0.2, -0.15) is 5.26 Å². The van der Waals surface area contributed by atoms with Gasteiger partial charge in [0.2, 0.25) is 0 Å². The number of methoxy groups -OCH3 is 1. The quantitative estimate of drug-likeness (QED) is 0.848. The molecule has 0 unspecified atom stereocenters. The second kappa shape index (κ2) is 5.97. The van der Waals surface area contributed by atoms with Gasteiger partial charge in [-0.3, -0.25) is 0 Å². The van der Waals surface area contributed by atoms with Crippen LogP contribution in [0.4, 0.5) is 0 Å². The highest BCUT2D eigenvalue weighted by atomic mass is 16.5. The van der Waals surface area contributed by atoms with Crippen LogP contribution < -0.4 is 4.74 Å². The second-order valence-electron chi connectivity index (χ2n) is 8.98. The molecule has 4 heteroatoms. The van der Waals surface area contributed by atoms with Gasteiger partial charge in [0.25, 0.3) is 0 Å². The number of fused-ring (bicyclic) bond motifs is 5. The molecule has 2 saturated carbocycles.